The fourth-order valence-electron chi connectivity index (χ4n) is 1.32. The molecule has 2 nitrogen and oxygen atoms in total. The lowest BCUT2D eigenvalue weighted by molar-refractivity contribution is 0.0188. The molecule has 0 unspecified atom stereocenters. The summed E-state index contributed by atoms with van der Waals surface area (Å²) in [5.41, 5.74) is 0.400. The predicted molar refractivity (Wildman–Crippen MR) is 58.1 cm³/mol. The summed E-state index contributed by atoms with van der Waals surface area (Å²) in [6.07, 6.45) is 2.68. The molecule has 1 amide bonds. The van der Waals surface area contributed by atoms with Gasteiger partial charge in [-0.2, -0.15) is 5.12 Å². The third kappa shape index (κ3) is 3.70. The third-order valence-electron chi connectivity index (χ3n) is 2.20. The minimum absolute atomic E-state index is 0.182. The van der Waals surface area contributed by atoms with Crippen LogP contribution in [-0.2, 0) is 0 Å². The summed E-state index contributed by atoms with van der Waals surface area (Å²) >= 11 is 0. The van der Waals surface area contributed by atoms with Gasteiger partial charge in [-0.15, -0.1) is 0 Å². The lowest BCUT2D eigenvalue weighted by Gasteiger charge is -2.11. The largest absolute Gasteiger partial charge is 0.281 e. The zero-order valence-electron chi connectivity index (χ0n) is 8.95. The maximum absolute atomic E-state index is 13.3. The fraction of sp³-hybridized carbons (Fsp3) is 0.417. The Morgan fingerprint density at radius 1 is 1.27 bits per heavy atom. The smallest absolute Gasteiger partial charge is 0.266 e. The minimum atomic E-state index is -0.549. The van der Waals surface area contributed by atoms with Gasteiger partial charge in [0.25, 0.3) is 5.91 Å². The maximum Gasteiger partial charge on any atom is 0.281 e. The van der Waals surface area contributed by atoms with E-state index in [1.165, 1.54) is 0 Å². The Morgan fingerprint density at radius 2 is 1.93 bits per heavy atom. The first-order chi connectivity index (χ1) is 7.25. The van der Waals surface area contributed by atoms with E-state index < -0.39 is 5.91 Å². The van der Waals surface area contributed by atoms with Gasteiger partial charge < -0.3 is 0 Å². The first-order valence-electron chi connectivity index (χ1n) is 5.28. The summed E-state index contributed by atoms with van der Waals surface area (Å²) in [6.45, 7) is 2.23. The summed E-state index contributed by atoms with van der Waals surface area (Å²) in [5, 5.41) is 0.297. The van der Waals surface area contributed by atoms with Crippen molar-refractivity contribution in [3.63, 3.8) is 0 Å². The van der Waals surface area contributed by atoms with Gasteiger partial charge in [0.05, 0.1) is 6.54 Å². The highest BCUT2D eigenvalue weighted by Gasteiger charge is 2.13. The van der Waals surface area contributed by atoms with Crippen molar-refractivity contribution in [3.8, 4) is 0 Å². The molecule has 1 rings (SSSR count). The quantitative estimate of drug-likeness (QED) is 0.538. The van der Waals surface area contributed by atoms with Crippen molar-refractivity contribution in [2.45, 2.75) is 26.2 Å². The van der Waals surface area contributed by atoms with Crippen LogP contribution in [0.1, 0.15) is 36.5 Å². The molecule has 0 aliphatic heterocycles. The van der Waals surface area contributed by atoms with E-state index >= 15 is 0 Å². The van der Waals surface area contributed by atoms with E-state index in [1.807, 2.05) is 6.92 Å². The Kier molecular flexibility index (Phi) is 4.81. The number of nitrogens with zero attached hydrogens (tertiary/aromatic N) is 1. The maximum atomic E-state index is 13.3. The first kappa shape index (κ1) is 11.7. The summed E-state index contributed by atoms with van der Waals surface area (Å²) in [5.74, 6) is -0.549. The number of hydrogen-bond acceptors (Lipinski definition) is 1. The lowest BCUT2D eigenvalue weighted by Crippen LogP contribution is -2.23. The van der Waals surface area contributed by atoms with Crippen LogP contribution in [0, 0.1) is 0 Å². The molecule has 3 heteroatoms. The Bertz CT molecular complexity index is 300. The number of hydrogen-bond donors (Lipinski definition) is 0. The number of amides is 1. The second-order valence-electron chi connectivity index (χ2n) is 3.46. The van der Waals surface area contributed by atoms with Crippen molar-refractivity contribution in [2.24, 2.45) is 0 Å². The van der Waals surface area contributed by atoms with E-state index in [9.17, 15) is 9.28 Å². The topological polar surface area (TPSA) is 20.3 Å². The molecule has 15 heavy (non-hydrogen) atoms. The van der Waals surface area contributed by atoms with Crippen molar-refractivity contribution in [3.05, 3.63) is 35.9 Å². The zero-order valence-corrected chi connectivity index (χ0v) is 8.95. The summed E-state index contributed by atoms with van der Waals surface area (Å²) in [4.78, 5) is 11.5. The fourth-order valence-corrected chi connectivity index (χ4v) is 1.32. The van der Waals surface area contributed by atoms with Crippen molar-refractivity contribution >= 4 is 5.91 Å². The van der Waals surface area contributed by atoms with E-state index in [-0.39, 0.29) is 6.54 Å². The number of halogens is 1. The second-order valence-corrected chi connectivity index (χ2v) is 3.46. The number of carbonyl (C=O) groups is 1. The van der Waals surface area contributed by atoms with Gasteiger partial charge in [-0.05, 0) is 18.6 Å². The number of benzene rings is 1. The van der Waals surface area contributed by atoms with E-state index in [2.05, 4.69) is 0 Å². The van der Waals surface area contributed by atoms with Crippen molar-refractivity contribution in [1.29, 1.82) is 0 Å². The van der Waals surface area contributed by atoms with Crippen LogP contribution in [0.4, 0.5) is 4.48 Å². The summed E-state index contributed by atoms with van der Waals surface area (Å²) < 4.78 is 13.3. The Balaban J connectivity index is 2.46. The zero-order chi connectivity index (χ0) is 11.1. The molecular formula is C12H16FNO. The van der Waals surface area contributed by atoms with E-state index in [4.69, 9.17) is 0 Å². The normalized spacial score (nSPS) is 10.0. The minimum Gasteiger partial charge on any atom is -0.266 e. The molecule has 0 fully saturated rings. The Morgan fingerprint density at radius 3 is 2.53 bits per heavy atom. The SMILES string of the molecule is CCCCCN(F)C(=O)c1ccccc1. The van der Waals surface area contributed by atoms with Crippen LogP contribution in [0.5, 0.6) is 0 Å². The van der Waals surface area contributed by atoms with E-state index in [0.29, 0.717) is 17.1 Å². The van der Waals surface area contributed by atoms with Gasteiger partial charge >= 0.3 is 0 Å². The molecule has 1 aromatic rings. The number of unbranched alkanes of at least 4 members (excludes halogenated alkanes) is 2. The monoisotopic (exact) mass is 209 g/mol. The standard InChI is InChI=1S/C12H16FNO/c1-2-3-7-10-14(13)12(15)11-8-5-4-6-9-11/h4-6,8-9H,2-3,7,10H2,1H3. The molecule has 0 aliphatic rings. The molecule has 82 valence electrons. The average molecular weight is 209 g/mol. The predicted octanol–water partition coefficient (Wildman–Crippen LogP) is 3.20. The summed E-state index contributed by atoms with van der Waals surface area (Å²) in [7, 11) is 0. The molecule has 0 spiro atoms. The van der Waals surface area contributed by atoms with Gasteiger partial charge in [-0.25, -0.2) is 0 Å². The van der Waals surface area contributed by atoms with E-state index in [0.717, 1.165) is 12.8 Å². The van der Waals surface area contributed by atoms with Crippen LogP contribution in [0.3, 0.4) is 0 Å². The molecule has 0 heterocycles. The Labute approximate surface area is 89.6 Å². The van der Waals surface area contributed by atoms with Gasteiger partial charge in [0.1, 0.15) is 0 Å². The Hall–Kier alpha value is -1.38. The summed E-state index contributed by atoms with van der Waals surface area (Å²) in [6, 6.07) is 8.50. The molecule has 0 bridgehead atoms. The van der Waals surface area contributed by atoms with Crippen molar-refractivity contribution in [1.82, 2.24) is 5.12 Å². The highest BCUT2D eigenvalue weighted by atomic mass is 19.2. The molecule has 1 aromatic carbocycles. The van der Waals surface area contributed by atoms with Crippen LogP contribution in [0.15, 0.2) is 30.3 Å². The number of rotatable bonds is 5. The van der Waals surface area contributed by atoms with Gasteiger partial charge in [0, 0.05) is 5.56 Å². The second kappa shape index (κ2) is 6.17. The lowest BCUT2D eigenvalue weighted by atomic mass is 10.2. The van der Waals surface area contributed by atoms with Crippen molar-refractivity contribution in [2.75, 3.05) is 6.54 Å². The molecule has 0 radical (unpaired) electrons. The van der Waals surface area contributed by atoms with Gasteiger partial charge in [-0.1, -0.05) is 42.4 Å². The van der Waals surface area contributed by atoms with Crippen LogP contribution in [-0.4, -0.2) is 17.6 Å². The molecule has 0 atom stereocenters. The highest BCUT2D eigenvalue weighted by molar-refractivity contribution is 5.93. The molecular weight excluding hydrogens is 193 g/mol. The number of carbonyl (C=O) groups excluding carboxylic acids is 1. The average Bonchev–Trinajstić information content (AvgIpc) is 2.29. The van der Waals surface area contributed by atoms with Gasteiger partial charge in [-0.3, -0.25) is 4.79 Å². The third-order valence-corrected chi connectivity index (χ3v) is 2.20. The van der Waals surface area contributed by atoms with Crippen LogP contribution in [0.2, 0.25) is 0 Å². The molecule has 0 aliphatic carbocycles. The molecule has 0 aromatic heterocycles. The van der Waals surface area contributed by atoms with Crippen molar-refractivity contribution < 1.29 is 9.28 Å². The van der Waals surface area contributed by atoms with Gasteiger partial charge in [0.15, 0.2) is 0 Å². The highest BCUT2D eigenvalue weighted by Crippen LogP contribution is 2.06. The molecule has 0 N–H and O–H groups in total. The first-order valence-corrected chi connectivity index (χ1v) is 5.28. The van der Waals surface area contributed by atoms with Crippen LogP contribution < -0.4 is 0 Å². The molecule has 0 saturated heterocycles. The van der Waals surface area contributed by atoms with Gasteiger partial charge in [0.2, 0.25) is 0 Å². The molecule has 0 saturated carbocycles. The van der Waals surface area contributed by atoms with Crippen LogP contribution in [0.25, 0.3) is 0 Å². The van der Waals surface area contributed by atoms with Crippen LogP contribution >= 0.6 is 0 Å². The van der Waals surface area contributed by atoms with E-state index in [1.54, 1.807) is 30.3 Å².